The fraction of sp³-hybridized carbons (Fsp3) is 0.750. The van der Waals surface area contributed by atoms with Gasteiger partial charge in [0.15, 0.2) is 0 Å². The van der Waals surface area contributed by atoms with E-state index in [0.29, 0.717) is 0 Å². The van der Waals surface area contributed by atoms with Crippen LogP contribution in [0.3, 0.4) is 0 Å². The van der Waals surface area contributed by atoms with E-state index in [2.05, 4.69) is 17.4 Å². The van der Waals surface area contributed by atoms with Crippen molar-refractivity contribution in [1.82, 2.24) is 10.7 Å². The fourth-order valence-electron chi connectivity index (χ4n) is 0.353. The predicted octanol–water partition coefficient (Wildman–Crippen LogP) is -0.309. The van der Waals surface area contributed by atoms with Gasteiger partial charge in [0.1, 0.15) is 0 Å². The average molecular weight is 116 g/mol. The van der Waals surface area contributed by atoms with Crippen LogP contribution in [-0.2, 0) is 0 Å². The van der Waals surface area contributed by atoms with Crippen LogP contribution in [0.4, 0.5) is 0 Å². The van der Waals surface area contributed by atoms with E-state index in [4.69, 9.17) is 5.84 Å². The van der Waals surface area contributed by atoms with Crippen molar-refractivity contribution in [3.05, 3.63) is 0 Å². The first-order valence-electron chi connectivity index (χ1n) is 2.44. The van der Waals surface area contributed by atoms with Crippen LogP contribution in [0.2, 0.25) is 0 Å². The zero-order valence-corrected chi connectivity index (χ0v) is 5.26. The quantitative estimate of drug-likeness (QED) is 0.302. The van der Waals surface area contributed by atoms with E-state index in [1.54, 1.807) is 0 Å². The lowest BCUT2D eigenvalue weighted by atomic mass is 10.4. The lowest BCUT2D eigenvalue weighted by Gasteiger charge is -2.19. The Kier molecular flexibility index (Phi) is 3.14. The molecule has 0 spiro atoms. The minimum Gasteiger partial charge on any atom is -0.252 e. The van der Waals surface area contributed by atoms with Crippen LogP contribution in [0.5, 0.6) is 0 Å². The van der Waals surface area contributed by atoms with Crippen LogP contribution in [-0.4, -0.2) is 17.9 Å². The molecule has 0 radical (unpaired) electrons. The van der Waals surface area contributed by atoms with Crippen LogP contribution in [0.15, 0.2) is 5.10 Å². The second-order valence-electron chi connectivity index (χ2n) is 1.71. The number of hydrogen-bond donors (Lipinski definition) is 2. The number of hydrazine groups is 2. The second kappa shape index (κ2) is 3.40. The molecule has 0 unspecified atom stereocenters. The van der Waals surface area contributed by atoms with Gasteiger partial charge in [-0.1, -0.05) is 0 Å². The SMILES string of the molecule is C=NN(NN)C(C)C. The fourth-order valence-corrected chi connectivity index (χ4v) is 0.353. The largest absolute Gasteiger partial charge is 0.252 e. The number of nitrogens with one attached hydrogen (secondary N) is 1. The summed E-state index contributed by atoms with van der Waals surface area (Å²) in [5.74, 6) is 5.03. The molecule has 0 aliphatic carbocycles. The minimum atomic E-state index is 0.248. The molecule has 0 amide bonds. The first kappa shape index (κ1) is 7.39. The highest BCUT2D eigenvalue weighted by atomic mass is 15.8. The van der Waals surface area contributed by atoms with Crippen LogP contribution in [0.25, 0.3) is 0 Å². The molecule has 0 aromatic heterocycles. The molecular formula is C4H12N4. The first-order chi connectivity index (χ1) is 3.72. The van der Waals surface area contributed by atoms with Gasteiger partial charge in [0, 0.05) is 6.72 Å². The normalized spacial score (nSPS) is 9.50. The molecule has 3 N–H and O–H groups in total. The summed E-state index contributed by atoms with van der Waals surface area (Å²) in [7, 11) is 0. The Balaban J connectivity index is 3.51. The second-order valence-corrected chi connectivity index (χ2v) is 1.71. The van der Waals surface area contributed by atoms with Gasteiger partial charge in [-0.3, -0.25) is 5.84 Å². The van der Waals surface area contributed by atoms with Crippen molar-refractivity contribution >= 4 is 6.72 Å². The number of hydrogen-bond acceptors (Lipinski definition) is 4. The van der Waals surface area contributed by atoms with Crippen LogP contribution in [0.1, 0.15) is 13.8 Å². The number of rotatable bonds is 3. The molecule has 0 aliphatic rings. The van der Waals surface area contributed by atoms with Crippen LogP contribution in [0, 0.1) is 0 Å². The molecule has 0 heterocycles. The monoisotopic (exact) mass is 116 g/mol. The molecular weight excluding hydrogens is 104 g/mol. The molecule has 0 aromatic carbocycles. The van der Waals surface area contributed by atoms with E-state index in [1.165, 1.54) is 5.12 Å². The van der Waals surface area contributed by atoms with Gasteiger partial charge in [0.05, 0.1) is 6.04 Å². The molecule has 0 saturated carbocycles. The Labute approximate surface area is 49.3 Å². The molecule has 4 heteroatoms. The maximum absolute atomic E-state index is 5.03. The van der Waals surface area contributed by atoms with Gasteiger partial charge in [-0.15, -0.1) is 0 Å². The van der Waals surface area contributed by atoms with Gasteiger partial charge in [0.25, 0.3) is 0 Å². The highest BCUT2D eigenvalue weighted by Crippen LogP contribution is 1.88. The molecule has 0 saturated heterocycles. The molecule has 0 aliphatic heterocycles. The number of nitrogens with zero attached hydrogens (tertiary/aromatic N) is 2. The standard InChI is InChI=1S/C4H12N4/c1-4(2)8(6-3)7-5/h4,7H,3,5H2,1-2H3. The van der Waals surface area contributed by atoms with E-state index in [9.17, 15) is 0 Å². The highest BCUT2D eigenvalue weighted by molar-refractivity contribution is 5.22. The minimum absolute atomic E-state index is 0.248. The summed E-state index contributed by atoms with van der Waals surface area (Å²) in [6, 6.07) is 0.248. The van der Waals surface area contributed by atoms with Crippen molar-refractivity contribution in [1.29, 1.82) is 0 Å². The van der Waals surface area contributed by atoms with E-state index in [-0.39, 0.29) is 6.04 Å². The van der Waals surface area contributed by atoms with Crippen molar-refractivity contribution in [3.63, 3.8) is 0 Å². The average Bonchev–Trinajstić information content (AvgIpc) is 1.69. The predicted molar refractivity (Wildman–Crippen MR) is 33.8 cm³/mol. The van der Waals surface area contributed by atoms with Crippen LogP contribution >= 0.6 is 0 Å². The Morgan fingerprint density at radius 2 is 2.25 bits per heavy atom. The summed E-state index contributed by atoms with van der Waals surface area (Å²) in [5.41, 5.74) is 2.36. The van der Waals surface area contributed by atoms with Gasteiger partial charge >= 0.3 is 0 Å². The lowest BCUT2D eigenvalue weighted by Crippen LogP contribution is -2.43. The Morgan fingerprint density at radius 3 is 2.25 bits per heavy atom. The summed E-state index contributed by atoms with van der Waals surface area (Å²) >= 11 is 0. The van der Waals surface area contributed by atoms with E-state index >= 15 is 0 Å². The maximum Gasteiger partial charge on any atom is 0.0600 e. The maximum atomic E-state index is 5.03. The van der Waals surface area contributed by atoms with Gasteiger partial charge in [-0.2, -0.15) is 10.6 Å². The summed E-state index contributed by atoms with van der Waals surface area (Å²) in [6.07, 6.45) is 0. The molecule has 4 nitrogen and oxygen atoms in total. The third-order valence-corrected chi connectivity index (χ3v) is 0.774. The molecule has 0 bridgehead atoms. The van der Waals surface area contributed by atoms with Gasteiger partial charge in [-0.05, 0) is 13.8 Å². The van der Waals surface area contributed by atoms with E-state index in [1.807, 2.05) is 13.8 Å². The van der Waals surface area contributed by atoms with E-state index in [0.717, 1.165) is 0 Å². The summed E-state index contributed by atoms with van der Waals surface area (Å²) < 4.78 is 0. The van der Waals surface area contributed by atoms with Crippen molar-refractivity contribution < 1.29 is 0 Å². The summed E-state index contributed by atoms with van der Waals surface area (Å²) in [5, 5.41) is 5.01. The lowest BCUT2D eigenvalue weighted by molar-refractivity contribution is 0.154. The van der Waals surface area contributed by atoms with Crippen molar-refractivity contribution in [3.8, 4) is 0 Å². The third-order valence-electron chi connectivity index (χ3n) is 0.774. The van der Waals surface area contributed by atoms with Gasteiger partial charge < -0.3 is 0 Å². The van der Waals surface area contributed by atoms with Crippen molar-refractivity contribution in [2.45, 2.75) is 19.9 Å². The molecule has 48 valence electrons. The molecule has 0 aromatic rings. The van der Waals surface area contributed by atoms with Crippen molar-refractivity contribution in [2.75, 3.05) is 0 Å². The topological polar surface area (TPSA) is 53.6 Å². The van der Waals surface area contributed by atoms with Crippen LogP contribution < -0.4 is 11.4 Å². The Bertz CT molecular complexity index is 70.4. The third kappa shape index (κ3) is 1.90. The zero-order valence-electron chi connectivity index (χ0n) is 5.26. The summed E-state index contributed by atoms with van der Waals surface area (Å²) in [4.78, 5) is 0. The number of hydrazone groups is 1. The first-order valence-corrected chi connectivity index (χ1v) is 2.44. The summed E-state index contributed by atoms with van der Waals surface area (Å²) in [6.45, 7) is 7.19. The highest BCUT2D eigenvalue weighted by Gasteiger charge is 1.98. The van der Waals surface area contributed by atoms with Crippen molar-refractivity contribution in [2.24, 2.45) is 10.9 Å². The van der Waals surface area contributed by atoms with Gasteiger partial charge in [-0.25, -0.2) is 5.12 Å². The molecule has 8 heavy (non-hydrogen) atoms. The molecule has 0 fully saturated rings. The Hall–Kier alpha value is -0.610. The Morgan fingerprint density at radius 1 is 1.75 bits per heavy atom. The van der Waals surface area contributed by atoms with E-state index < -0.39 is 0 Å². The molecule has 0 atom stereocenters. The van der Waals surface area contributed by atoms with Gasteiger partial charge in [0.2, 0.25) is 0 Å². The molecule has 0 rings (SSSR count). The zero-order chi connectivity index (χ0) is 6.57. The smallest absolute Gasteiger partial charge is 0.0600 e. The number of nitrogens with two attached hydrogens (primary N) is 1.